The number of carbonyl (C=O) groups is 1. The lowest BCUT2D eigenvalue weighted by Crippen LogP contribution is -2.19. The summed E-state index contributed by atoms with van der Waals surface area (Å²) >= 11 is 0. The van der Waals surface area contributed by atoms with E-state index in [9.17, 15) is 4.79 Å². The molecule has 0 aromatic heterocycles. The minimum absolute atomic E-state index is 0.258. The van der Waals surface area contributed by atoms with E-state index >= 15 is 0 Å². The number of rotatable bonds is 1. The number of ketones is 1. The Morgan fingerprint density at radius 2 is 2.27 bits per heavy atom. The first-order valence-electron chi connectivity index (χ1n) is 4.41. The van der Waals surface area contributed by atoms with Crippen molar-refractivity contribution in [3.05, 3.63) is 11.6 Å². The maximum Gasteiger partial charge on any atom is 0.139 e. The second-order valence-corrected chi connectivity index (χ2v) is 3.30. The van der Waals surface area contributed by atoms with Gasteiger partial charge in [-0.05, 0) is 26.7 Å². The van der Waals surface area contributed by atoms with Crippen LogP contribution in [-0.2, 0) is 4.79 Å². The van der Waals surface area contributed by atoms with Gasteiger partial charge >= 0.3 is 0 Å². The molecule has 1 fully saturated rings. The van der Waals surface area contributed by atoms with Crippen LogP contribution in [0.4, 0.5) is 0 Å². The standard InChI is InChI=1S/C10H16O/c1-3-8(2)9-6-4-5-7-10(9)11/h3,9H,4-7H2,1-2H3/b8-3+. The van der Waals surface area contributed by atoms with Crippen molar-refractivity contribution in [3.8, 4) is 0 Å². The van der Waals surface area contributed by atoms with Crippen LogP contribution in [0.25, 0.3) is 0 Å². The Bertz CT molecular complexity index is 179. The first kappa shape index (κ1) is 8.51. The van der Waals surface area contributed by atoms with Gasteiger partial charge in [-0.3, -0.25) is 4.79 Å². The van der Waals surface area contributed by atoms with Gasteiger partial charge in [0.1, 0.15) is 5.78 Å². The molecule has 0 spiro atoms. The van der Waals surface area contributed by atoms with Crippen molar-refractivity contribution in [2.45, 2.75) is 39.5 Å². The van der Waals surface area contributed by atoms with Crippen LogP contribution < -0.4 is 0 Å². The number of hydrogen-bond donors (Lipinski definition) is 0. The molecule has 0 aliphatic heterocycles. The smallest absolute Gasteiger partial charge is 0.139 e. The fourth-order valence-electron chi connectivity index (χ4n) is 1.67. The molecule has 1 atom stereocenters. The molecular weight excluding hydrogens is 136 g/mol. The molecule has 1 aliphatic rings. The van der Waals surface area contributed by atoms with Crippen LogP contribution in [0.1, 0.15) is 39.5 Å². The van der Waals surface area contributed by atoms with E-state index in [4.69, 9.17) is 0 Å². The molecule has 0 aromatic rings. The second-order valence-electron chi connectivity index (χ2n) is 3.30. The molecule has 1 saturated carbocycles. The highest BCUT2D eigenvalue weighted by molar-refractivity contribution is 5.84. The summed E-state index contributed by atoms with van der Waals surface area (Å²) in [6.07, 6.45) is 6.27. The van der Waals surface area contributed by atoms with E-state index in [1.54, 1.807) is 0 Å². The van der Waals surface area contributed by atoms with Crippen molar-refractivity contribution >= 4 is 5.78 Å². The Hall–Kier alpha value is -0.590. The fourth-order valence-corrected chi connectivity index (χ4v) is 1.67. The fraction of sp³-hybridized carbons (Fsp3) is 0.700. The van der Waals surface area contributed by atoms with E-state index in [-0.39, 0.29) is 5.92 Å². The quantitative estimate of drug-likeness (QED) is 0.528. The molecule has 0 saturated heterocycles. The predicted molar refractivity (Wildman–Crippen MR) is 46.4 cm³/mol. The van der Waals surface area contributed by atoms with Crippen LogP contribution in [0.5, 0.6) is 0 Å². The maximum absolute atomic E-state index is 11.4. The molecule has 0 N–H and O–H groups in total. The summed E-state index contributed by atoms with van der Waals surface area (Å²) in [5.41, 5.74) is 1.26. The van der Waals surface area contributed by atoms with Gasteiger partial charge in [0, 0.05) is 12.3 Å². The van der Waals surface area contributed by atoms with Gasteiger partial charge in [0.2, 0.25) is 0 Å². The highest BCUT2D eigenvalue weighted by Gasteiger charge is 2.22. The highest BCUT2D eigenvalue weighted by Crippen LogP contribution is 2.26. The summed E-state index contributed by atoms with van der Waals surface area (Å²) in [6.45, 7) is 4.07. The van der Waals surface area contributed by atoms with Crippen LogP contribution in [-0.4, -0.2) is 5.78 Å². The van der Waals surface area contributed by atoms with Gasteiger partial charge < -0.3 is 0 Å². The van der Waals surface area contributed by atoms with Crippen LogP contribution in [0.3, 0.4) is 0 Å². The largest absolute Gasteiger partial charge is 0.299 e. The molecule has 1 unspecified atom stereocenters. The molecule has 0 amide bonds. The van der Waals surface area contributed by atoms with E-state index in [1.807, 2.05) is 6.92 Å². The summed E-state index contributed by atoms with van der Waals surface area (Å²) in [6, 6.07) is 0. The Balaban J connectivity index is 2.62. The zero-order valence-corrected chi connectivity index (χ0v) is 7.39. The zero-order valence-electron chi connectivity index (χ0n) is 7.39. The van der Waals surface area contributed by atoms with Gasteiger partial charge in [-0.15, -0.1) is 0 Å². The molecule has 1 heteroatoms. The lowest BCUT2D eigenvalue weighted by molar-refractivity contribution is -0.123. The summed E-state index contributed by atoms with van der Waals surface area (Å²) in [4.78, 5) is 11.4. The van der Waals surface area contributed by atoms with E-state index in [2.05, 4.69) is 13.0 Å². The SMILES string of the molecule is C/C=C(\C)C1CCCCC1=O. The minimum atomic E-state index is 0.258. The van der Waals surface area contributed by atoms with Crippen molar-refractivity contribution in [2.75, 3.05) is 0 Å². The van der Waals surface area contributed by atoms with E-state index in [1.165, 1.54) is 12.0 Å². The van der Waals surface area contributed by atoms with Gasteiger partial charge in [0.15, 0.2) is 0 Å². The number of allylic oxidation sites excluding steroid dienone is 2. The summed E-state index contributed by atoms with van der Waals surface area (Å²) in [5, 5.41) is 0. The molecule has 1 rings (SSSR count). The zero-order chi connectivity index (χ0) is 8.27. The molecule has 0 aromatic carbocycles. The van der Waals surface area contributed by atoms with Gasteiger partial charge in [0.25, 0.3) is 0 Å². The second kappa shape index (κ2) is 3.70. The first-order chi connectivity index (χ1) is 5.25. The van der Waals surface area contributed by atoms with Gasteiger partial charge in [-0.2, -0.15) is 0 Å². The molecule has 11 heavy (non-hydrogen) atoms. The molecular formula is C10H16O. The molecule has 0 radical (unpaired) electrons. The Labute approximate surface area is 68.5 Å². The molecule has 62 valence electrons. The van der Waals surface area contributed by atoms with Crippen molar-refractivity contribution in [1.29, 1.82) is 0 Å². The predicted octanol–water partition coefficient (Wildman–Crippen LogP) is 2.71. The normalized spacial score (nSPS) is 27.3. The monoisotopic (exact) mass is 152 g/mol. The summed E-state index contributed by atoms with van der Waals surface area (Å²) in [5.74, 6) is 0.709. The van der Waals surface area contributed by atoms with Crippen molar-refractivity contribution < 1.29 is 4.79 Å². The molecule has 1 aliphatic carbocycles. The van der Waals surface area contributed by atoms with Crippen LogP contribution in [0.2, 0.25) is 0 Å². The average molecular weight is 152 g/mol. The third-order valence-electron chi connectivity index (χ3n) is 2.56. The highest BCUT2D eigenvalue weighted by atomic mass is 16.1. The third kappa shape index (κ3) is 1.92. The Morgan fingerprint density at radius 1 is 1.55 bits per heavy atom. The van der Waals surface area contributed by atoms with Gasteiger partial charge in [0.05, 0.1) is 0 Å². The average Bonchev–Trinajstić information content (AvgIpc) is 2.04. The lowest BCUT2D eigenvalue weighted by Gasteiger charge is -2.20. The topological polar surface area (TPSA) is 17.1 Å². The Kier molecular flexibility index (Phi) is 2.86. The number of Topliss-reactive ketones (excluding diaryl/α,β-unsaturated/α-hetero) is 1. The number of carbonyl (C=O) groups excluding carboxylic acids is 1. The minimum Gasteiger partial charge on any atom is -0.299 e. The number of hydrogen-bond acceptors (Lipinski definition) is 1. The third-order valence-corrected chi connectivity index (χ3v) is 2.56. The van der Waals surface area contributed by atoms with E-state index in [0.29, 0.717) is 5.78 Å². The van der Waals surface area contributed by atoms with Crippen LogP contribution >= 0.6 is 0 Å². The molecule has 1 nitrogen and oxygen atoms in total. The van der Waals surface area contributed by atoms with Crippen LogP contribution in [0.15, 0.2) is 11.6 Å². The summed E-state index contributed by atoms with van der Waals surface area (Å²) < 4.78 is 0. The van der Waals surface area contributed by atoms with E-state index < -0.39 is 0 Å². The first-order valence-corrected chi connectivity index (χ1v) is 4.41. The van der Waals surface area contributed by atoms with Gasteiger partial charge in [-0.1, -0.05) is 18.1 Å². The summed E-state index contributed by atoms with van der Waals surface area (Å²) in [7, 11) is 0. The molecule has 0 bridgehead atoms. The van der Waals surface area contributed by atoms with E-state index in [0.717, 1.165) is 19.3 Å². The van der Waals surface area contributed by atoms with Crippen molar-refractivity contribution in [2.24, 2.45) is 5.92 Å². The molecule has 0 heterocycles. The van der Waals surface area contributed by atoms with Gasteiger partial charge in [-0.25, -0.2) is 0 Å². The maximum atomic E-state index is 11.4. The van der Waals surface area contributed by atoms with Crippen molar-refractivity contribution in [1.82, 2.24) is 0 Å². The Morgan fingerprint density at radius 3 is 2.82 bits per heavy atom. The van der Waals surface area contributed by atoms with Crippen molar-refractivity contribution in [3.63, 3.8) is 0 Å². The van der Waals surface area contributed by atoms with Crippen LogP contribution in [0, 0.1) is 5.92 Å². The lowest BCUT2D eigenvalue weighted by atomic mass is 9.83.